The van der Waals surface area contributed by atoms with Gasteiger partial charge >= 0.3 is 0 Å². The number of hydrogen-bond acceptors (Lipinski definition) is 1. The summed E-state index contributed by atoms with van der Waals surface area (Å²) < 4.78 is 6.10. The molecule has 15 heavy (non-hydrogen) atoms. The standard InChI is InChI=1S/C14H20O/c1-11(2)15-12-6-9-13-7-4-3-5-8-14(12,13)10-13/h3-5,8,11-12H,6-7,9-10H2,1-2H3/t12-,13-,14-/m0/s1. The van der Waals surface area contributed by atoms with Crippen molar-refractivity contribution in [2.45, 2.75) is 51.7 Å². The average Bonchev–Trinajstić information content (AvgIpc) is 2.75. The van der Waals surface area contributed by atoms with Crippen LogP contribution >= 0.6 is 0 Å². The van der Waals surface area contributed by atoms with E-state index in [-0.39, 0.29) is 0 Å². The monoisotopic (exact) mass is 204 g/mol. The molecule has 3 aliphatic rings. The third-order valence-corrected chi connectivity index (χ3v) is 4.54. The number of allylic oxidation sites excluding steroid dienone is 3. The third-order valence-electron chi connectivity index (χ3n) is 4.54. The van der Waals surface area contributed by atoms with E-state index < -0.39 is 0 Å². The second-order valence-electron chi connectivity index (χ2n) is 5.70. The van der Waals surface area contributed by atoms with E-state index in [1.165, 1.54) is 25.7 Å². The Balaban J connectivity index is 1.86. The average molecular weight is 204 g/mol. The Morgan fingerprint density at radius 1 is 1.33 bits per heavy atom. The van der Waals surface area contributed by atoms with Crippen molar-refractivity contribution in [2.24, 2.45) is 10.8 Å². The van der Waals surface area contributed by atoms with Gasteiger partial charge in [-0.3, -0.25) is 0 Å². The molecule has 2 fully saturated rings. The van der Waals surface area contributed by atoms with Gasteiger partial charge in [-0.1, -0.05) is 24.3 Å². The van der Waals surface area contributed by atoms with Gasteiger partial charge in [-0.25, -0.2) is 0 Å². The molecule has 1 nitrogen and oxygen atoms in total. The molecule has 2 saturated carbocycles. The Morgan fingerprint density at radius 2 is 2.20 bits per heavy atom. The van der Waals surface area contributed by atoms with Gasteiger partial charge in [0.2, 0.25) is 0 Å². The zero-order chi connectivity index (χ0) is 10.5. The van der Waals surface area contributed by atoms with E-state index in [2.05, 4.69) is 38.2 Å². The van der Waals surface area contributed by atoms with Crippen LogP contribution in [-0.4, -0.2) is 12.2 Å². The van der Waals surface area contributed by atoms with Crippen LogP contribution in [0.2, 0.25) is 0 Å². The van der Waals surface area contributed by atoms with Crippen LogP contribution in [-0.2, 0) is 4.74 Å². The summed E-state index contributed by atoms with van der Waals surface area (Å²) in [5, 5.41) is 0. The SMILES string of the molecule is CC(C)O[C@H]1CC[C@]23CC=CC=C[C@]12C3. The smallest absolute Gasteiger partial charge is 0.0675 e. The molecule has 3 aliphatic carbocycles. The molecule has 0 aromatic rings. The van der Waals surface area contributed by atoms with Crippen molar-refractivity contribution in [3.63, 3.8) is 0 Å². The quantitative estimate of drug-likeness (QED) is 0.669. The third kappa shape index (κ3) is 1.19. The van der Waals surface area contributed by atoms with Crippen LogP contribution < -0.4 is 0 Å². The molecule has 0 unspecified atom stereocenters. The van der Waals surface area contributed by atoms with Gasteiger partial charge in [-0.05, 0) is 44.9 Å². The van der Waals surface area contributed by atoms with Gasteiger partial charge in [0, 0.05) is 5.41 Å². The molecule has 0 aromatic heterocycles. The van der Waals surface area contributed by atoms with Crippen LogP contribution in [0.15, 0.2) is 24.3 Å². The Morgan fingerprint density at radius 3 is 3.00 bits per heavy atom. The first-order valence-corrected chi connectivity index (χ1v) is 6.18. The van der Waals surface area contributed by atoms with E-state index >= 15 is 0 Å². The van der Waals surface area contributed by atoms with Crippen LogP contribution in [0.4, 0.5) is 0 Å². The van der Waals surface area contributed by atoms with Crippen molar-refractivity contribution in [3.8, 4) is 0 Å². The van der Waals surface area contributed by atoms with Crippen LogP contribution in [0, 0.1) is 10.8 Å². The van der Waals surface area contributed by atoms with Crippen LogP contribution in [0.25, 0.3) is 0 Å². The fourth-order valence-corrected chi connectivity index (χ4v) is 3.78. The Bertz CT molecular complexity index is 328. The lowest BCUT2D eigenvalue weighted by molar-refractivity contribution is -0.0182. The fourth-order valence-electron chi connectivity index (χ4n) is 3.78. The van der Waals surface area contributed by atoms with Gasteiger partial charge in [-0.2, -0.15) is 0 Å². The molecular formula is C14H20O. The second-order valence-corrected chi connectivity index (χ2v) is 5.70. The van der Waals surface area contributed by atoms with Crippen molar-refractivity contribution in [1.29, 1.82) is 0 Å². The molecule has 82 valence electrons. The highest BCUT2D eigenvalue weighted by Crippen LogP contribution is 2.77. The molecule has 0 N–H and O–H groups in total. The highest BCUT2D eigenvalue weighted by Gasteiger charge is 2.72. The fraction of sp³-hybridized carbons (Fsp3) is 0.714. The Hall–Kier alpha value is -0.560. The molecule has 0 saturated heterocycles. The van der Waals surface area contributed by atoms with E-state index in [4.69, 9.17) is 4.74 Å². The number of hydrogen-bond donors (Lipinski definition) is 0. The van der Waals surface area contributed by atoms with Gasteiger partial charge in [-0.15, -0.1) is 0 Å². The minimum Gasteiger partial charge on any atom is -0.375 e. The van der Waals surface area contributed by atoms with Crippen molar-refractivity contribution >= 4 is 0 Å². The van der Waals surface area contributed by atoms with Gasteiger partial charge in [0.25, 0.3) is 0 Å². The predicted octanol–water partition coefficient (Wildman–Crippen LogP) is 3.47. The minimum absolute atomic E-state index is 0.366. The maximum Gasteiger partial charge on any atom is 0.0675 e. The van der Waals surface area contributed by atoms with E-state index in [1.807, 2.05) is 0 Å². The maximum absolute atomic E-state index is 6.10. The first kappa shape index (κ1) is 9.65. The van der Waals surface area contributed by atoms with Gasteiger partial charge < -0.3 is 4.74 Å². The lowest BCUT2D eigenvalue weighted by atomic mass is 9.93. The Labute approximate surface area is 92.2 Å². The van der Waals surface area contributed by atoms with Crippen molar-refractivity contribution in [3.05, 3.63) is 24.3 Å². The molecule has 3 atom stereocenters. The first-order valence-electron chi connectivity index (χ1n) is 6.18. The second kappa shape index (κ2) is 2.98. The maximum atomic E-state index is 6.10. The molecule has 0 aromatic carbocycles. The van der Waals surface area contributed by atoms with Gasteiger partial charge in [0.1, 0.15) is 0 Å². The van der Waals surface area contributed by atoms with Gasteiger partial charge in [0.15, 0.2) is 0 Å². The summed E-state index contributed by atoms with van der Waals surface area (Å²) in [6.07, 6.45) is 15.3. The lowest BCUT2D eigenvalue weighted by Gasteiger charge is -2.23. The van der Waals surface area contributed by atoms with E-state index in [9.17, 15) is 0 Å². The summed E-state index contributed by atoms with van der Waals surface area (Å²) in [5.74, 6) is 0. The molecule has 0 radical (unpaired) electrons. The molecule has 1 heteroatoms. The first-order chi connectivity index (χ1) is 7.19. The number of ether oxygens (including phenoxy) is 1. The molecule has 0 bridgehead atoms. The largest absolute Gasteiger partial charge is 0.375 e. The van der Waals surface area contributed by atoms with Crippen LogP contribution in [0.1, 0.15) is 39.5 Å². The van der Waals surface area contributed by atoms with Crippen LogP contribution in [0.3, 0.4) is 0 Å². The topological polar surface area (TPSA) is 9.23 Å². The molecule has 0 spiro atoms. The summed E-state index contributed by atoms with van der Waals surface area (Å²) in [5.41, 5.74) is 0.983. The zero-order valence-electron chi connectivity index (χ0n) is 9.70. The van der Waals surface area contributed by atoms with Crippen LogP contribution in [0.5, 0.6) is 0 Å². The molecule has 0 aliphatic heterocycles. The summed E-state index contributed by atoms with van der Waals surface area (Å²) in [7, 11) is 0. The highest BCUT2D eigenvalue weighted by molar-refractivity contribution is 5.34. The Kier molecular flexibility index (Phi) is 1.91. The summed E-state index contributed by atoms with van der Waals surface area (Å²) in [6.45, 7) is 4.30. The van der Waals surface area contributed by atoms with Crippen molar-refractivity contribution < 1.29 is 4.74 Å². The molecular weight excluding hydrogens is 184 g/mol. The summed E-state index contributed by atoms with van der Waals surface area (Å²) >= 11 is 0. The molecule has 3 rings (SSSR count). The zero-order valence-corrected chi connectivity index (χ0v) is 9.70. The van der Waals surface area contributed by atoms with E-state index in [0.717, 1.165) is 0 Å². The molecule has 0 heterocycles. The summed E-state index contributed by atoms with van der Waals surface area (Å²) in [6, 6.07) is 0. The lowest BCUT2D eigenvalue weighted by Crippen LogP contribution is -2.25. The highest BCUT2D eigenvalue weighted by atomic mass is 16.5. The minimum atomic E-state index is 0.366. The van der Waals surface area contributed by atoms with Crippen molar-refractivity contribution in [2.75, 3.05) is 0 Å². The number of rotatable bonds is 2. The normalized spacial score (nSPS) is 46.5. The predicted molar refractivity (Wildman–Crippen MR) is 61.6 cm³/mol. The van der Waals surface area contributed by atoms with E-state index in [1.54, 1.807) is 0 Å². The summed E-state index contributed by atoms with van der Waals surface area (Å²) in [4.78, 5) is 0. The van der Waals surface area contributed by atoms with Gasteiger partial charge in [0.05, 0.1) is 12.2 Å². The molecule has 0 amide bonds. The van der Waals surface area contributed by atoms with E-state index in [0.29, 0.717) is 23.0 Å². The van der Waals surface area contributed by atoms with Crippen molar-refractivity contribution in [1.82, 2.24) is 0 Å².